The normalized spacial score (nSPS) is 22.2. The number of piperazine rings is 1. The second-order valence-electron chi connectivity index (χ2n) is 7.99. The van der Waals surface area contributed by atoms with E-state index in [4.69, 9.17) is 0 Å². The fourth-order valence-corrected chi connectivity index (χ4v) is 6.66. The Labute approximate surface area is 180 Å². The quantitative estimate of drug-likeness (QED) is 0.678. The van der Waals surface area contributed by atoms with Crippen molar-refractivity contribution < 1.29 is 13.2 Å². The van der Waals surface area contributed by atoms with Crippen molar-refractivity contribution in [1.29, 1.82) is 0 Å². The average Bonchev–Trinajstić information content (AvgIpc) is 3.19. The molecule has 6 nitrogen and oxygen atoms in total. The van der Waals surface area contributed by atoms with Gasteiger partial charge in [0.25, 0.3) is 5.91 Å². The Bertz CT molecular complexity index is 1040. The summed E-state index contributed by atoms with van der Waals surface area (Å²) in [6, 6.07) is 10.1. The Morgan fingerprint density at radius 2 is 1.83 bits per heavy atom. The molecule has 2 aliphatic rings. The summed E-state index contributed by atoms with van der Waals surface area (Å²) in [7, 11) is -2.88. The van der Waals surface area contributed by atoms with Crippen LogP contribution in [0.25, 0.3) is 5.69 Å². The van der Waals surface area contributed by atoms with E-state index in [0.29, 0.717) is 25.3 Å². The molecule has 0 saturated carbocycles. The summed E-state index contributed by atoms with van der Waals surface area (Å²) in [5.74, 6) is 0.602. The first-order valence-corrected chi connectivity index (χ1v) is 12.6. The van der Waals surface area contributed by atoms with Gasteiger partial charge in [-0.25, -0.2) is 8.42 Å². The summed E-state index contributed by atoms with van der Waals surface area (Å²) < 4.78 is 26.6. The number of nitrogens with zero attached hydrogens (tertiary/aromatic N) is 3. The lowest BCUT2D eigenvalue weighted by Gasteiger charge is -2.37. The van der Waals surface area contributed by atoms with Crippen molar-refractivity contribution in [2.45, 2.75) is 26.3 Å². The highest BCUT2D eigenvalue weighted by atomic mass is 79.9. The molecule has 0 N–H and O–H groups in total. The highest BCUT2D eigenvalue weighted by molar-refractivity contribution is 9.10. The molecular formula is C21H26BrN3O3S. The highest BCUT2D eigenvalue weighted by Crippen LogP contribution is 2.25. The van der Waals surface area contributed by atoms with E-state index in [0.717, 1.165) is 40.2 Å². The predicted octanol–water partition coefficient (Wildman–Crippen LogP) is 2.80. The maximum atomic E-state index is 13.2. The molecule has 0 spiro atoms. The molecule has 8 heteroatoms. The second kappa shape index (κ2) is 7.89. The standard InChI is InChI=1S/C21H26BrN3O3S/c1-15-12-20(16(2)25(15)18-5-3-4-17(22)13-18)21(26)24-9-7-23(8-10-24)19-6-11-29(27,28)14-19/h3-5,12-13,19H,6-11,14H2,1-2H3. The van der Waals surface area contributed by atoms with Gasteiger partial charge in [-0.2, -0.15) is 0 Å². The summed E-state index contributed by atoms with van der Waals surface area (Å²) in [5, 5.41) is 0. The van der Waals surface area contributed by atoms with Gasteiger partial charge < -0.3 is 9.47 Å². The van der Waals surface area contributed by atoms with Crippen LogP contribution in [0.4, 0.5) is 0 Å². The predicted molar refractivity (Wildman–Crippen MR) is 117 cm³/mol. The summed E-state index contributed by atoms with van der Waals surface area (Å²) in [6.07, 6.45) is 0.712. The SMILES string of the molecule is Cc1cc(C(=O)N2CCN(C3CCS(=O)(=O)C3)CC2)c(C)n1-c1cccc(Br)c1. The molecule has 1 aromatic heterocycles. The Morgan fingerprint density at radius 3 is 2.45 bits per heavy atom. The lowest BCUT2D eigenvalue weighted by atomic mass is 10.1. The van der Waals surface area contributed by atoms with E-state index >= 15 is 0 Å². The van der Waals surface area contributed by atoms with E-state index < -0.39 is 9.84 Å². The summed E-state index contributed by atoms with van der Waals surface area (Å²) in [5.41, 5.74) is 3.73. The Kier molecular flexibility index (Phi) is 5.61. The molecule has 3 heterocycles. The molecule has 0 aliphatic carbocycles. The monoisotopic (exact) mass is 479 g/mol. The number of benzene rings is 1. The number of aromatic nitrogens is 1. The van der Waals surface area contributed by atoms with E-state index in [1.807, 2.05) is 49.1 Å². The van der Waals surface area contributed by atoms with Gasteiger partial charge >= 0.3 is 0 Å². The van der Waals surface area contributed by atoms with Crippen LogP contribution in [-0.4, -0.2) is 72.4 Å². The highest BCUT2D eigenvalue weighted by Gasteiger charge is 2.34. The van der Waals surface area contributed by atoms with E-state index in [-0.39, 0.29) is 17.7 Å². The molecule has 2 aromatic rings. The summed E-state index contributed by atoms with van der Waals surface area (Å²) in [6.45, 7) is 6.74. The molecule has 0 radical (unpaired) electrons. The zero-order valence-corrected chi connectivity index (χ0v) is 19.2. The van der Waals surface area contributed by atoms with E-state index in [2.05, 4.69) is 25.4 Å². The van der Waals surface area contributed by atoms with Crippen LogP contribution in [0.1, 0.15) is 28.2 Å². The Balaban J connectivity index is 1.48. The Morgan fingerprint density at radius 1 is 1.10 bits per heavy atom. The minimum Gasteiger partial charge on any atom is -0.336 e. The van der Waals surface area contributed by atoms with Gasteiger partial charge in [0, 0.05) is 53.8 Å². The molecule has 1 unspecified atom stereocenters. The first-order chi connectivity index (χ1) is 13.7. The fourth-order valence-electron chi connectivity index (χ4n) is 4.52. The number of aryl methyl sites for hydroxylation is 1. The van der Waals surface area contributed by atoms with Crippen molar-refractivity contribution >= 4 is 31.7 Å². The van der Waals surface area contributed by atoms with Gasteiger partial charge in [-0.05, 0) is 44.5 Å². The van der Waals surface area contributed by atoms with E-state index in [1.54, 1.807) is 0 Å². The molecule has 29 heavy (non-hydrogen) atoms. The van der Waals surface area contributed by atoms with Gasteiger partial charge in [0.1, 0.15) is 0 Å². The third-order valence-electron chi connectivity index (χ3n) is 6.05. The fraction of sp³-hybridized carbons (Fsp3) is 0.476. The maximum Gasteiger partial charge on any atom is 0.255 e. The van der Waals surface area contributed by atoms with Crippen LogP contribution in [0.2, 0.25) is 0 Å². The third-order valence-corrected chi connectivity index (χ3v) is 8.30. The van der Waals surface area contributed by atoms with Gasteiger partial charge in [-0.15, -0.1) is 0 Å². The number of hydrogen-bond acceptors (Lipinski definition) is 4. The molecule has 1 amide bonds. The zero-order valence-electron chi connectivity index (χ0n) is 16.8. The van der Waals surface area contributed by atoms with E-state index in [1.165, 1.54) is 0 Å². The zero-order chi connectivity index (χ0) is 20.8. The number of hydrogen-bond donors (Lipinski definition) is 0. The first-order valence-electron chi connectivity index (χ1n) is 9.94. The van der Waals surface area contributed by atoms with Gasteiger partial charge in [0.05, 0.1) is 17.1 Å². The average molecular weight is 480 g/mol. The first kappa shape index (κ1) is 20.6. The number of carbonyl (C=O) groups excluding carboxylic acids is 1. The van der Waals surface area contributed by atoms with Crippen LogP contribution >= 0.6 is 15.9 Å². The molecule has 2 fully saturated rings. The van der Waals surface area contributed by atoms with Crippen molar-refractivity contribution in [1.82, 2.24) is 14.4 Å². The van der Waals surface area contributed by atoms with Gasteiger partial charge in [-0.1, -0.05) is 22.0 Å². The van der Waals surface area contributed by atoms with Crippen molar-refractivity contribution in [2.24, 2.45) is 0 Å². The number of halogens is 1. The number of carbonyl (C=O) groups is 1. The maximum absolute atomic E-state index is 13.2. The van der Waals surface area contributed by atoms with Crippen LogP contribution < -0.4 is 0 Å². The van der Waals surface area contributed by atoms with E-state index in [9.17, 15) is 13.2 Å². The minimum atomic E-state index is -2.88. The van der Waals surface area contributed by atoms with Gasteiger partial charge in [0.2, 0.25) is 0 Å². The minimum absolute atomic E-state index is 0.0537. The Hall–Kier alpha value is -1.64. The molecule has 156 valence electrons. The van der Waals surface area contributed by atoms with Crippen LogP contribution in [0.3, 0.4) is 0 Å². The van der Waals surface area contributed by atoms with Crippen molar-refractivity contribution in [3.63, 3.8) is 0 Å². The molecular weight excluding hydrogens is 454 g/mol. The van der Waals surface area contributed by atoms with Crippen LogP contribution in [0.15, 0.2) is 34.8 Å². The molecule has 1 aromatic carbocycles. The smallest absolute Gasteiger partial charge is 0.255 e. The lowest BCUT2D eigenvalue weighted by Crippen LogP contribution is -2.52. The number of amides is 1. The van der Waals surface area contributed by atoms with Gasteiger partial charge in [-0.3, -0.25) is 9.69 Å². The third kappa shape index (κ3) is 4.15. The summed E-state index contributed by atoms with van der Waals surface area (Å²) in [4.78, 5) is 17.3. The van der Waals surface area contributed by atoms with Crippen molar-refractivity contribution in [2.75, 3.05) is 37.7 Å². The largest absolute Gasteiger partial charge is 0.336 e. The summed E-state index contributed by atoms with van der Waals surface area (Å²) >= 11 is 3.52. The molecule has 2 aliphatic heterocycles. The van der Waals surface area contributed by atoms with Crippen molar-refractivity contribution in [3.05, 3.63) is 51.8 Å². The molecule has 2 saturated heterocycles. The topological polar surface area (TPSA) is 62.6 Å². The second-order valence-corrected chi connectivity index (χ2v) is 11.1. The van der Waals surface area contributed by atoms with Crippen LogP contribution in [-0.2, 0) is 9.84 Å². The number of sulfone groups is 1. The molecule has 1 atom stereocenters. The lowest BCUT2D eigenvalue weighted by molar-refractivity contribution is 0.0587. The molecule has 0 bridgehead atoms. The van der Waals surface area contributed by atoms with Crippen LogP contribution in [0, 0.1) is 13.8 Å². The number of rotatable bonds is 3. The van der Waals surface area contributed by atoms with Crippen molar-refractivity contribution in [3.8, 4) is 5.69 Å². The van der Waals surface area contributed by atoms with Gasteiger partial charge in [0.15, 0.2) is 9.84 Å². The van der Waals surface area contributed by atoms with Crippen LogP contribution in [0.5, 0.6) is 0 Å². The molecule has 4 rings (SSSR count).